The van der Waals surface area contributed by atoms with Crippen molar-refractivity contribution in [2.75, 3.05) is 5.32 Å². The fraction of sp³-hybridized carbons (Fsp3) is 0.182. The number of amides is 2. The molecule has 2 aromatic carbocycles. The van der Waals surface area contributed by atoms with Gasteiger partial charge in [0.1, 0.15) is 6.04 Å². The largest absolute Gasteiger partial charge is 0.416 e. The normalized spacial score (nSPS) is 15.8. The summed E-state index contributed by atoms with van der Waals surface area (Å²) in [6.07, 6.45) is -2.58. The number of hydrogen-bond donors (Lipinski definition) is 2. The predicted octanol–water partition coefficient (Wildman–Crippen LogP) is 5.46. The molecular formula is C22H16ClF3N6O2. The van der Waals surface area contributed by atoms with Gasteiger partial charge in [-0.05, 0) is 36.4 Å². The molecule has 12 heteroatoms. The van der Waals surface area contributed by atoms with Gasteiger partial charge in [-0.3, -0.25) is 0 Å². The second kappa shape index (κ2) is 8.49. The molecule has 2 aromatic heterocycles. The number of alkyl halides is 3. The van der Waals surface area contributed by atoms with Gasteiger partial charge in [0.05, 0.1) is 29.8 Å². The second-order valence-electron chi connectivity index (χ2n) is 7.64. The van der Waals surface area contributed by atoms with Crippen molar-refractivity contribution in [3.63, 3.8) is 0 Å². The number of aromatic nitrogens is 4. The smallest absolute Gasteiger partial charge is 0.347 e. The summed E-state index contributed by atoms with van der Waals surface area (Å²) in [6, 6.07) is 10.1. The molecule has 0 saturated heterocycles. The average Bonchev–Trinajstić information content (AvgIpc) is 3.48. The highest BCUT2D eigenvalue weighted by Crippen LogP contribution is 2.34. The number of carbonyl (C=O) groups excluding carboxylic acids is 1. The van der Waals surface area contributed by atoms with E-state index in [0.717, 1.165) is 23.5 Å². The number of urea groups is 1. The zero-order chi connectivity index (χ0) is 23.9. The van der Waals surface area contributed by atoms with Gasteiger partial charge < -0.3 is 19.7 Å². The second-order valence-corrected chi connectivity index (χ2v) is 8.08. The number of hydrogen-bond acceptors (Lipinski definition) is 5. The molecule has 4 aromatic rings. The number of nitrogens with one attached hydrogen (secondary N) is 2. The van der Waals surface area contributed by atoms with Crippen molar-refractivity contribution in [1.82, 2.24) is 25.0 Å². The lowest BCUT2D eigenvalue weighted by molar-refractivity contribution is -0.137. The zero-order valence-electron chi connectivity index (χ0n) is 17.3. The van der Waals surface area contributed by atoms with Crippen LogP contribution in [0.4, 0.5) is 23.7 Å². The van der Waals surface area contributed by atoms with E-state index in [1.807, 2.05) is 0 Å². The fourth-order valence-corrected chi connectivity index (χ4v) is 3.82. The average molecular weight is 489 g/mol. The molecule has 3 heterocycles. The maximum Gasteiger partial charge on any atom is 0.416 e. The molecule has 1 aliphatic rings. The summed E-state index contributed by atoms with van der Waals surface area (Å²) in [4.78, 5) is 26.3. The standard InChI is InChI=1S/C22H16ClF3N6O2/c23-14-5-7-15(8-6-14)29-21(33)32-10-17-16(27-11-28-17)9-18(32)20-30-19(31-34-20)12-1-3-13(4-2-12)22(24,25)26/h1-8,11,18H,9-10H2,(H,27,28)(H,29,33). The Morgan fingerprint density at radius 1 is 1.15 bits per heavy atom. The number of anilines is 1. The molecule has 2 N–H and O–H groups in total. The molecule has 0 fully saturated rings. The van der Waals surface area contributed by atoms with Crippen LogP contribution in [-0.4, -0.2) is 31.0 Å². The van der Waals surface area contributed by atoms with Gasteiger partial charge in [0.25, 0.3) is 0 Å². The number of carbonyl (C=O) groups is 1. The first-order chi connectivity index (χ1) is 16.3. The molecule has 5 rings (SSSR count). The molecule has 0 aliphatic carbocycles. The Kier molecular flexibility index (Phi) is 5.48. The lowest BCUT2D eigenvalue weighted by Crippen LogP contribution is -2.41. The molecule has 1 unspecified atom stereocenters. The Morgan fingerprint density at radius 2 is 1.88 bits per heavy atom. The quantitative estimate of drug-likeness (QED) is 0.398. The van der Waals surface area contributed by atoms with Crippen molar-refractivity contribution < 1.29 is 22.5 Å². The molecule has 0 bridgehead atoms. The molecule has 0 saturated carbocycles. The van der Waals surface area contributed by atoms with E-state index in [1.54, 1.807) is 30.6 Å². The van der Waals surface area contributed by atoms with E-state index in [4.69, 9.17) is 16.1 Å². The summed E-state index contributed by atoms with van der Waals surface area (Å²) in [7, 11) is 0. The van der Waals surface area contributed by atoms with E-state index >= 15 is 0 Å². The van der Waals surface area contributed by atoms with Gasteiger partial charge >= 0.3 is 12.2 Å². The van der Waals surface area contributed by atoms with Crippen molar-refractivity contribution in [3.8, 4) is 11.4 Å². The topological polar surface area (TPSA) is 99.9 Å². The third-order valence-electron chi connectivity index (χ3n) is 5.45. The van der Waals surface area contributed by atoms with Crippen LogP contribution in [0.5, 0.6) is 0 Å². The minimum atomic E-state index is -4.44. The number of aromatic amines is 1. The maximum atomic E-state index is 13.1. The third-order valence-corrected chi connectivity index (χ3v) is 5.70. The van der Waals surface area contributed by atoms with Crippen LogP contribution < -0.4 is 5.32 Å². The van der Waals surface area contributed by atoms with Crippen LogP contribution in [0.25, 0.3) is 11.4 Å². The van der Waals surface area contributed by atoms with E-state index in [-0.39, 0.29) is 18.3 Å². The van der Waals surface area contributed by atoms with E-state index < -0.39 is 23.8 Å². The Hall–Kier alpha value is -3.86. The summed E-state index contributed by atoms with van der Waals surface area (Å²) in [5.74, 6) is 0.268. The van der Waals surface area contributed by atoms with Crippen molar-refractivity contribution in [3.05, 3.63) is 82.7 Å². The third kappa shape index (κ3) is 4.34. The maximum absolute atomic E-state index is 13.1. The molecule has 174 valence electrons. The molecule has 2 amide bonds. The number of imidazole rings is 1. The molecule has 0 radical (unpaired) electrons. The Labute approximate surface area is 195 Å². The van der Waals surface area contributed by atoms with E-state index in [1.165, 1.54) is 17.0 Å². The van der Waals surface area contributed by atoms with Crippen molar-refractivity contribution in [1.29, 1.82) is 0 Å². The van der Waals surface area contributed by atoms with Gasteiger partial charge in [-0.15, -0.1) is 0 Å². The van der Waals surface area contributed by atoms with E-state index in [9.17, 15) is 18.0 Å². The van der Waals surface area contributed by atoms with Crippen LogP contribution in [0.2, 0.25) is 5.02 Å². The van der Waals surface area contributed by atoms with E-state index in [0.29, 0.717) is 22.7 Å². The molecular weight excluding hydrogens is 473 g/mol. The highest BCUT2D eigenvalue weighted by atomic mass is 35.5. The summed E-state index contributed by atoms with van der Waals surface area (Å²) < 4.78 is 44.0. The van der Waals surface area contributed by atoms with Gasteiger partial charge in [-0.2, -0.15) is 18.2 Å². The zero-order valence-corrected chi connectivity index (χ0v) is 18.1. The lowest BCUT2D eigenvalue weighted by atomic mass is 10.0. The lowest BCUT2D eigenvalue weighted by Gasteiger charge is -2.32. The first kappa shape index (κ1) is 22.0. The van der Waals surface area contributed by atoms with Crippen LogP contribution >= 0.6 is 11.6 Å². The van der Waals surface area contributed by atoms with Crippen LogP contribution in [0.1, 0.15) is 28.9 Å². The van der Waals surface area contributed by atoms with Gasteiger partial charge in [0, 0.05) is 22.7 Å². The molecule has 8 nitrogen and oxygen atoms in total. The first-order valence-electron chi connectivity index (χ1n) is 10.1. The predicted molar refractivity (Wildman–Crippen MR) is 116 cm³/mol. The molecule has 1 atom stereocenters. The summed E-state index contributed by atoms with van der Waals surface area (Å²) in [6.45, 7) is 0.220. The molecule has 34 heavy (non-hydrogen) atoms. The van der Waals surface area contributed by atoms with E-state index in [2.05, 4.69) is 25.4 Å². The number of H-pyrrole nitrogens is 1. The Morgan fingerprint density at radius 3 is 2.59 bits per heavy atom. The molecule has 0 spiro atoms. The van der Waals surface area contributed by atoms with Crippen LogP contribution in [-0.2, 0) is 19.1 Å². The number of benzene rings is 2. The van der Waals surface area contributed by atoms with Crippen molar-refractivity contribution in [2.24, 2.45) is 0 Å². The monoisotopic (exact) mass is 488 g/mol. The SMILES string of the molecule is O=C(Nc1ccc(Cl)cc1)N1Cc2[nH]cnc2CC1c1nc(-c2ccc(C(F)(F)F)cc2)no1. The van der Waals surface area contributed by atoms with Crippen LogP contribution in [0.3, 0.4) is 0 Å². The highest BCUT2D eigenvalue weighted by Gasteiger charge is 2.36. The number of nitrogens with zero attached hydrogens (tertiary/aromatic N) is 4. The van der Waals surface area contributed by atoms with Crippen molar-refractivity contribution >= 4 is 23.3 Å². The van der Waals surface area contributed by atoms with Gasteiger partial charge in [0.15, 0.2) is 0 Å². The Balaban J connectivity index is 1.42. The van der Waals surface area contributed by atoms with Crippen LogP contribution in [0, 0.1) is 0 Å². The minimum Gasteiger partial charge on any atom is -0.347 e. The fourth-order valence-electron chi connectivity index (χ4n) is 3.69. The summed E-state index contributed by atoms with van der Waals surface area (Å²) >= 11 is 5.91. The Bertz CT molecular complexity index is 1320. The number of fused-ring (bicyclic) bond motifs is 1. The highest BCUT2D eigenvalue weighted by molar-refractivity contribution is 6.30. The molecule has 1 aliphatic heterocycles. The van der Waals surface area contributed by atoms with Gasteiger partial charge in [-0.25, -0.2) is 9.78 Å². The summed E-state index contributed by atoms with van der Waals surface area (Å²) in [5, 5.41) is 7.27. The van der Waals surface area contributed by atoms with Gasteiger partial charge in [-0.1, -0.05) is 28.9 Å². The number of rotatable bonds is 3. The number of halogens is 4. The first-order valence-corrected chi connectivity index (χ1v) is 10.5. The van der Waals surface area contributed by atoms with Gasteiger partial charge in [0.2, 0.25) is 11.7 Å². The minimum absolute atomic E-state index is 0.120. The van der Waals surface area contributed by atoms with Crippen LogP contribution in [0.15, 0.2) is 59.4 Å². The summed E-state index contributed by atoms with van der Waals surface area (Å²) in [5.41, 5.74) is 1.68. The van der Waals surface area contributed by atoms with Crippen molar-refractivity contribution in [2.45, 2.75) is 25.2 Å².